The maximum Gasteiger partial charge on any atom is 0.335 e. The van der Waals surface area contributed by atoms with Gasteiger partial charge < -0.3 is 9.52 Å². The number of aromatic amines is 1. The number of nitrogens with zero attached hydrogens (tertiary/aromatic N) is 3. The minimum atomic E-state index is -1.10. The Morgan fingerprint density at radius 1 is 1.14 bits per heavy atom. The third-order valence-electron chi connectivity index (χ3n) is 7.08. The van der Waals surface area contributed by atoms with E-state index in [1.54, 1.807) is 30.3 Å². The van der Waals surface area contributed by atoms with Crippen molar-refractivity contribution in [3.05, 3.63) is 91.0 Å². The molecule has 10 heteroatoms. The van der Waals surface area contributed by atoms with Gasteiger partial charge in [-0.1, -0.05) is 23.7 Å². The molecule has 2 aromatic heterocycles. The first-order valence-corrected chi connectivity index (χ1v) is 12.6. The molecular formula is C27H27ClN4O5. The van der Waals surface area contributed by atoms with Crippen LogP contribution in [0.25, 0.3) is 11.0 Å². The summed E-state index contributed by atoms with van der Waals surface area (Å²) in [5.74, 6) is -1.05. The normalized spacial score (nSPS) is 15.5. The van der Waals surface area contributed by atoms with E-state index in [1.165, 1.54) is 24.0 Å². The van der Waals surface area contributed by atoms with E-state index in [0.29, 0.717) is 10.7 Å². The zero-order valence-electron chi connectivity index (χ0n) is 20.5. The van der Waals surface area contributed by atoms with Crippen molar-refractivity contribution in [2.24, 2.45) is 10.9 Å². The standard InChI is InChI=1S/C27H27ClN4O5/c1-15(24(33)34)16(2)32-26(35)30-25(31(27(32)36)14-17-7-9-18(28)10-8-17)29-19-11-12-23-21(13-19)20-5-3-4-6-22(20)37-23/h7-13,15-16H,3-6,14H2,1-2H3,(H,33,34)(H,29,30,35)/t15-,16+/m1/s1. The maximum absolute atomic E-state index is 13.6. The molecule has 0 amide bonds. The van der Waals surface area contributed by atoms with Gasteiger partial charge in [0.2, 0.25) is 5.62 Å². The number of hydrogen-bond donors (Lipinski definition) is 2. The van der Waals surface area contributed by atoms with Gasteiger partial charge in [-0.25, -0.2) is 19.1 Å². The van der Waals surface area contributed by atoms with Crippen LogP contribution in [0, 0.1) is 5.92 Å². The molecule has 9 nitrogen and oxygen atoms in total. The molecule has 0 aliphatic heterocycles. The van der Waals surface area contributed by atoms with Gasteiger partial charge in [0.05, 0.1) is 24.2 Å². The van der Waals surface area contributed by atoms with E-state index in [9.17, 15) is 19.5 Å². The largest absolute Gasteiger partial charge is 0.481 e. The van der Waals surface area contributed by atoms with Crippen LogP contribution < -0.4 is 17.0 Å². The van der Waals surface area contributed by atoms with Crippen molar-refractivity contribution in [2.75, 3.05) is 0 Å². The number of furan rings is 1. The minimum absolute atomic E-state index is 0.0630. The molecule has 37 heavy (non-hydrogen) atoms. The average Bonchev–Trinajstić information content (AvgIpc) is 3.25. The van der Waals surface area contributed by atoms with Gasteiger partial charge in [0.15, 0.2) is 0 Å². The van der Waals surface area contributed by atoms with Crippen LogP contribution in [0.4, 0.5) is 5.69 Å². The fourth-order valence-electron chi connectivity index (χ4n) is 4.77. The molecule has 1 aliphatic rings. The summed E-state index contributed by atoms with van der Waals surface area (Å²) in [5, 5.41) is 11.0. The molecule has 0 fully saturated rings. The van der Waals surface area contributed by atoms with Gasteiger partial charge in [-0.3, -0.25) is 14.3 Å². The number of halogens is 1. The number of carbonyl (C=O) groups is 1. The van der Waals surface area contributed by atoms with Gasteiger partial charge in [-0.15, -0.1) is 0 Å². The molecule has 0 radical (unpaired) electrons. The molecule has 2 aromatic carbocycles. The molecule has 0 spiro atoms. The number of carboxylic acid groups (broad SMARTS) is 1. The molecular weight excluding hydrogens is 496 g/mol. The van der Waals surface area contributed by atoms with E-state index in [4.69, 9.17) is 16.0 Å². The van der Waals surface area contributed by atoms with E-state index in [0.717, 1.165) is 52.5 Å². The van der Waals surface area contributed by atoms with Gasteiger partial charge in [0.1, 0.15) is 11.3 Å². The highest BCUT2D eigenvalue weighted by Crippen LogP contribution is 2.33. The van der Waals surface area contributed by atoms with Crippen LogP contribution in [-0.2, 0) is 24.2 Å². The number of nitrogens with one attached hydrogen (secondary N) is 1. The first-order valence-electron chi connectivity index (χ1n) is 12.2. The van der Waals surface area contributed by atoms with Crippen LogP contribution >= 0.6 is 11.6 Å². The van der Waals surface area contributed by atoms with Crippen molar-refractivity contribution in [3.63, 3.8) is 0 Å². The van der Waals surface area contributed by atoms with Crippen molar-refractivity contribution in [2.45, 2.75) is 52.1 Å². The summed E-state index contributed by atoms with van der Waals surface area (Å²) in [6, 6.07) is 11.6. The first kappa shape index (κ1) is 24.8. The summed E-state index contributed by atoms with van der Waals surface area (Å²) in [6.45, 7) is 3.10. The van der Waals surface area contributed by atoms with Crippen LogP contribution in [0.5, 0.6) is 0 Å². The highest BCUT2D eigenvalue weighted by Gasteiger charge is 2.25. The maximum atomic E-state index is 13.6. The lowest BCUT2D eigenvalue weighted by Crippen LogP contribution is -2.52. The lowest BCUT2D eigenvalue weighted by Gasteiger charge is -2.19. The van der Waals surface area contributed by atoms with Gasteiger partial charge >= 0.3 is 17.3 Å². The Bertz CT molecular complexity index is 1680. The SMILES string of the molecule is C[C@@H](C(=O)O)[C@H](C)n1c(=O)[nH]/c(=N\c2ccc3oc4c(c3c2)CCCC4)n(Cc2ccc(Cl)cc2)c1=O. The number of rotatable bonds is 6. The van der Waals surface area contributed by atoms with Crippen LogP contribution in [-0.4, -0.2) is 25.2 Å². The number of aromatic nitrogens is 3. The number of fused-ring (bicyclic) bond motifs is 3. The molecule has 2 atom stereocenters. The van der Waals surface area contributed by atoms with Gasteiger partial charge in [-0.05, 0) is 69.0 Å². The van der Waals surface area contributed by atoms with Gasteiger partial charge in [0.25, 0.3) is 0 Å². The molecule has 0 unspecified atom stereocenters. The average molecular weight is 523 g/mol. The zero-order valence-corrected chi connectivity index (χ0v) is 21.3. The lowest BCUT2D eigenvalue weighted by molar-refractivity contribution is -0.142. The van der Waals surface area contributed by atoms with Crippen LogP contribution in [0.2, 0.25) is 5.02 Å². The first-order chi connectivity index (χ1) is 17.7. The van der Waals surface area contributed by atoms with Gasteiger partial charge in [0, 0.05) is 22.4 Å². The summed E-state index contributed by atoms with van der Waals surface area (Å²) in [7, 11) is 0. The lowest BCUT2D eigenvalue weighted by atomic mass is 9.96. The molecule has 0 saturated carbocycles. The second-order valence-corrected chi connectivity index (χ2v) is 9.93. The summed E-state index contributed by atoms with van der Waals surface area (Å²) < 4.78 is 8.29. The number of benzene rings is 2. The Balaban J connectivity index is 1.69. The quantitative estimate of drug-likeness (QED) is 0.393. The highest BCUT2D eigenvalue weighted by molar-refractivity contribution is 6.30. The molecule has 2 N–H and O–H groups in total. The van der Waals surface area contributed by atoms with E-state index in [2.05, 4.69) is 9.98 Å². The number of aliphatic carboxylic acids is 1. The molecule has 1 aliphatic carbocycles. The summed E-state index contributed by atoms with van der Waals surface area (Å²) in [6.07, 6.45) is 4.05. The fraction of sp³-hybridized carbons (Fsp3) is 0.333. The number of hydrogen-bond acceptors (Lipinski definition) is 5. The van der Waals surface area contributed by atoms with Crippen molar-refractivity contribution >= 4 is 34.2 Å². The molecule has 5 rings (SSSR count). The Kier molecular flexibility index (Phi) is 6.64. The smallest absolute Gasteiger partial charge is 0.335 e. The number of carboxylic acids is 1. The van der Waals surface area contributed by atoms with Crippen molar-refractivity contribution in [1.29, 1.82) is 0 Å². The highest BCUT2D eigenvalue weighted by atomic mass is 35.5. The Labute approximate surface area is 216 Å². The van der Waals surface area contributed by atoms with Crippen LogP contribution in [0.3, 0.4) is 0 Å². The van der Waals surface area contributed by atoms with E-state index in [-0.39, 0.29) is 12.2 Å². The Morgan fingerprint density at radius 2 is 1.86 bits per heavy atom. The monoisotopic (exact) mass is 522 g/mol. The molecule has 4 aromatic rings. The molecule has 0 bridgehead atoms. The predicted octanol–water partition coefficient (Wildman–Crippen LogP) is 4.18. The van der Waals surface area contributed by atoms with E-state index < -0.39 is 29.3 Å². The molecule has 2 heterocycles. The second kappa shape index (κ2) is 9.89. The zero-order chi connectivity index (χ0) is 26.3. The number of H-pyrrole nitrogens is 1. The fourth-order valence-corrected chi connectivity index (χ4v) is 4.89. The molecule has 192 valence electrons. The minimum Gasteiger partial charge on any atom is -0.481 e. The Morgan fingerprint density at radius 3 is 2.59 bits per heavy atom. The van der Waals surface area contributed by atoms with E-state index >= 15 is 0 Å². The molecule has 0 saturated heterocycles. The summed E-state index contributed by atoms with van der Waals surface area (Å²) in [5.41, 5.74) is 1.99. The van der Waals surface area contributed by atoms with Crippen molar-refractivity contribution < 1.29 is 14.3 Å². The summed E-state index contributed by atoms with van der Waals surface area (Å²) >= 11 is 6.02. The third-order valence-corrected chi connectivity index (χ3v) is 7.33. The van der Waals surface area contributed by atoms with E-state index in [1.807, 2.05) is 12.1 Å². The Hall–Kier alpha value is -3.85. The predicted molar refractivity (Wildman–Crippen MR) is 139 cm³/mol. The topological polar surface area (TPSA) is 123 Å². The second-order valence-electron chi connectivity index (χ2n) is 9.49. The van der Waals surface area contributed by atoms with Crippen molar-refractivity contribution in [3.8, 4) is 0 Å². The van der Waals surface area contributed by atoms with Crippen molar-refractivity contribution in [1.82, 2.24) is 14.1 Å². The van der Waals surface area contributed by atoms with Crippen LogP contribution in [0.1, 0.15) is 49.6 Å². The summed E-state index contributed by atoms with van der Waals surface area (Å²) in [4.78, 5) is 45.6. The van der Waals surface area contributed by atoms with Crippen LogP contribution in [0.15, 0.2) is 61.5 Å². The third kappa shape index (κ3) is 4.79. The number of aryl methyl sites for hydroxylation is 2. The van der Waals surface area contributed by atoms with Gasteiger partial charge in [-0.2, -0.15) is 0 Å².